The van der Waals surface area contributed by atoms with E-state index in [1.165, 1.54) is 0 Å². The number of fused-ring (bicyclic) bond motifs is 1. The van der Waals surface area contributed by atoms with Gasteiger partial charge < -0.3 is 25.3 Å². The topological polar surface area (TPSA) is 94.6 Å². The number of aliphatic hydroxyl groups is 1. The molecule has 28 heavy (non-hydrogen) atoms. The average Bonchev–Trinajstić information content (AvgIpc) is 3.07. The number of aromatic nitrogens is 1. The number of hydrogen-bond acceptors (Lipinski definition) is 4. The number of aliphatic hydroxyl groups excluding tert-OH is 1. The number of rotatable bonds is 9. The summed E-state index contributed by atoms with van der Waals surface area (Å²) in [5.41, 5.74) is 2.65. The van der Waals surface area contributed by atoms with Crippen LogP contribution in [0, 0.1) is 0 Å². The average molecular weight is 403 g/mol. The summed E-state index contributed by atoms with van der Waals surface area (Å²) < 4.78 is 5.35. The molecule has 0 aliphatic heterocycles. The van der Waals surface area contributed by atoms with Crippen LogP contribution in [0.4, 0.5) is 0 Å². The van der Waals surface area contributed by atoms with Gasteiger partial charge in [-0.05, 0) is 42.7 Å². The number of carboxylic acids is 1. The largest absolute Gasteiger partial charge is 0.480 e. The maximum atomic E-state index is 10.7. The Morgan fingerprint density at radius 3 is 2.82 bits per heavy atom. The quantitative estimate of drug-likeness (QED) is 0.439. The van der Waals surface area contributed by atoms with E-state index in [0.29, 0.717) is 17.3 Å². The van der Waals surface area contributed by atoms with Gasteiger partial charge in [0, 0.05) is 29.2 Å². The minimum atomic E-state index is -1.01. The Labute approximate surface area is 168 Å². The number of halogens is 1. The van der Waals surface area contributed by atoms with Gasteiger partial charge in [0.25, 0.3) is 0 Å². The van der Waals surface area contributed by atoms with Crippen LogP contribution in [0.3, 0.4) is 0 Å². The highest BCUT2D eigenvalue weighted by atomic mass is 35.5. The summed E-state index contributed by atoms with van der Waals surface area (Å²) in [6.45, 7) is 2.08. The molecule has 0 aliphatic carbocycles. The molecule has 0 saturated heterocycles. The first kappa shape index (κ1) is 20.2. The lowest BCUT2D eigenvalue weighted by atomic mass is 10.0. The Bertz CT molecular complexity index is 956. The lowest BCUT2D eigenvalue weighted by Gasteiger charge is -2.17. The Kier molecular flexibility index (Phi) is 6.57. The van der Waals surface area contributed by atoms with E-state index in [1.54, 1.807) is 18.2 Å². The molecular formula is C21H23ClN2O4. The molecule has 0 spiro atoms. The van der Waals surface area contributed by atoms with E-state index < -0.39 is 12.1 Å². The molecule has 0 radical (unpaired) electrons. The molecule has 0 aliphatic rings. The van der Waals surface area contributed by atoms with Crippen molar-refractivity contribution < 1.29 is 19.7 Å². The van der Waals surface area contributed by atoms with Crippen molar-refractivity contribution in [2.75, 3.05) is 13.2 Å². The first-order chi connectivity index (χ1) is 13.4. The Morgan fingerprint density at radius 2 is 2.07 bits per heavy atom. The van der Waals surface area contributed by atoms with Gasteiger partial charge in [-0.1, -0.05) is 35.9 Å². The van der Waals surface area contributed by atoms with Crippen LogP contribution in [0.5, 0.6) is 5.75 Å². The van der Waals surface area contributed by atoms with Crippen molar-refractivity contribution in [1.82, 2.24) is 10.3 Å². The van der Waals surface area contributed by atoms with Crippen LogP contribution < -0.4 is 10.1 Å². The highest BCUT2D eigenvalue weighted by Crippen LogP contribution is 2.28. The summed E-state index contributed by atoms with van der Waals surface area (Å²) in [5.74, 6) is -0.497. The standard InChI is InChI=1S/C21H23ClN2O4/c1-13(23-11-18(25)14-4-2-5-16(22)9-14)8-15-10-24-21-17(15)6-3-7-19(21)28-12-20(26)27/h2-7,9-10,13,18,23-25H,8,11-12H2,1H3,(H,26,27)/t13-,18+/m1/s1. The Balaban J connectivity index is 1.62. The number of ether oxygens (including phenoxy) is 1. The fraction of sp³-hybridized carbons (Fsp3) is 0.286. The van der Waals surface area contributed by atoms with E-state index in [9.17, 15) is 9.90 Å². The first-order valence-electron chi connectivity index (χ1n) is 9.04. The van der Waals surface area contributed by atoms with Crippen LogP contribution in [0.2, 0.25) is 5.02 Å². The molecule has 0 unspecified atom stereocenters. The van der Waals surface area contributed by atoms with Crippen molar-refractivity contribution in [2.45, 2.75) is 25.5 Å². The van der Waals surface area contributed by atoms with Crippen molar-refractivity contribution >= 4 is 28.5 Å². The molecule has 2 atom stereocenters. The predicted molar refractivity (Wildman–Crippen MR) is 109 cm³/mol. The number of hydrogen-bond donors (Lipinski definition) is 4. The van der Waals surface area contributed by atoms with Crippen LogP contribution >= 0.6 is 11.6 Å². The molecule has 0 fully saturated rings. The highest BCUT2D eigenvalue weighted by Gasteiger charge is 2.14. The second kappa shape index (κ2) is 9.10. The summed E-state index contributed by atoms with van der Waals surface area (Å²) in [5, 5.41) is 24.1. The minimum Gasteiger partial charge on any atom is -0.480 e. The van der Waals surface area contributed by atoms with Crippen molar-refractivity contribution in [3.8, 4) is 5.75 Å². The van der Waals surface area contributed by atoms with Crippen LogP contribution in [-0.4, -0.2) is 40.4 Å². The van der Waals surface area contributed by atoms with Crippen molar-refractivity contribution in [3.05, 3.63) is 64.8 Å². The smallest absolute Gasteiger partial charge is 0.341 e. The van der Waals surface area contributed by atoms with Gasteiger partial charge in [-0.3, -0.25) is 0 Å². The van der Waals surface area contributed by atoms with E-state index in [2.05, 4.69) is 10.3 Å². The number of carbonyl (C=O) groups is 1. The number of nitrogens with one attached hydrogen (secondary N) is 2. The molecule has 4 N–H and O–H groups in total. The molecule has 1 aromatic heterocycles. The molecule has 7 heteroatoms. The molecule has 1 heterocycles. The molecular weight excluding hydrogens is 380 g/mol. The van der Waals surface area contributed by atoms with Gasteiger partial charge in [-0.25, -0.2) is 4.79 Å². The third kappa shape index (κ3) is 5.04. The molecule has 3 rings (SSSR count). The zero-order valence-corrected chi connectivity index (χ0v) is 16.2. The van der Waals surface area contributed by atoms with Crippen molar-refractivity contribution in [1.29, 1.82) is 0 Å². The summed E-state index contributed by atoms with van der Waals surface area (Å²) in [6.07, 6.45) is 2.01. The molecule has 0 amide bonds. The molecule has 0 saturated carbocycles. The normalized spacial score (nSPS) is 13.4. The lowest BCUT2D eigenvalue weighted by Crippen LogP contribution is -2.32. The minimum absolute atomic E-state index is 0.122. The van der Waals surface area contributed by atoms with E-state index in [0.717, 1.165) is 28.5 Å². The maximum absolute atomic E-state index is 10.7. The number of carboxylic acid groups (broad SMARTS) is 1. The van der Waals surface area contributed by atoms with Crippen LogP contribution in [0.25, 0.3) is 10.9 Å². The van der Waals surface area contributed by atoms with Crippen LogP contribution in [0.1, 0.15) is 24.2 Å². The van der Waals surface area contributed by atoms with E-state index in [1.807, 2.05) is 37.4 Å². The van der Waals surface area contributed by atoms with Gasteiger partial charge in [0.15, 0.2) is 6.61 Å². The molecule has 3 aromatic rings. The zero-order valence-electron chi connectivity index (χ0n) is 15.5. The second-order valence-corrected chi connectivity index (χ2v) is 7.20. The van der Waals surface area contributed by atoms with E-state index in [4.69, 9.17) is 21.4 Å². The van der Waals surface area contributed by atoms with Crippen molar-refractivity contribution in [3.63, 3.8) is 0 Å². The van der Waals surface area contributed by atoms with E-state index >= 15 is 0 Å². The fourth-order valence-corrected chi connectivity index (χ4v) is 3.36. The van der Waals surface area contributed by atoms with Gasteiger partial charge in [-0.2, -0.15) is 0 Å². The summed E-state index contributed by atoms with van der Waals surface area (Å²) in [7, 11) is 0. The number of para-hydroxylation sites is 1. The Hall–Kier alpha value is -2.54. The number of H-pyrrole nitrogens is 1. The van der Waals surface area contributed by atoms with Crippen molar-refractivity contribution in [2.24, 2.45) is 0 Å². The summed E-state index contributed by atoms with van der Waals surface area (Å²) in [6, 6.07) is 12.9. The van der Waals surface area contributed by atoms with Gasteiger partial charge in [0.1, 0.15) is 5.75 Å². The SMILES string of the molecule is C[C@H](Cc1c[nH]c2c(OCC(=O)O)cccc12)NC[C@H](O)c1cccc(Cl)c1. The van der Waals surface area contributed by atoms with Gasteiger partial charge in [0.2, 0.25) is 0 Å². The van der Waals surface area contributed by atoms with Crippen LogP contribution in [0.15, 0.2) is 48.7 Å². The molecule has 2 aromatic carbocycles. The second-order valence-electron chi connectivity index (χ2n) is 6.76. The number of aromatic amines is 1. The summed E-state index contributed by atoms with van der Waals surface area (Å²) >= 11 is 5.98. The molecule has 148 valence electrons. The maximum Gasteiger partial charge on any atom is 0.341 e. The summed E-state index contributed by atoms with van der Waals surface area (Å²) in [4.78, 5) is 13.9. The third-order valence-electron chi connectivity index (χ3n) is 4.53. The van der Waals surface area contributed by atoms with Gasteiger partial charge in [0.05, 0.1) is 11.6 Å². The Morgan fingerprint density at radius 1 is 1.29 bits per heavy atom. The zero-order chi connectivity index (χ0) is 20.1. The third-order valence-corrected chi connectivity index (χ3v) is 4.77. The van der Waals surface area contributed by atoms with Gasteiger partial charge in [-0.15, -0.1) is 0 Å². The lowest BCUT2D eigenvalue weighted by molar-refractivity contribution is -0.139. The highest BCUT2D eigenvalue weighted by molar-refractivity contribution is 6.30. The first-order valence-corrected chi connectivity index (χ1v) is 9.42. The van der Waals surface area contributed by atoms with E-state index in [-0.39, 0.29) is 12.6 Å². The monoisotopic (exact) mass is 402 g/mol. The van der Waals surface area contributed by atoms with Gasteiger partial charge >= 0.3 is 5.97 Å². The fourth-order valence-electron chi connectivity index (χ4n) is 3.16. The molecule has 0 bridgehead atoms. The molecule has 6 nitrogen and oxygen atoms in total. The predicted octanol–water partition coefficient (Wildman–Crippen LogP) is 3.54. The van der Waals surface area contributed by atoms with Crippen LogP contribution in [-0.2, 0) is 11.2 Å². The number of benzene rings is 2. The number of aliphatic carboxylic acids is 1.